The standard InChI is InChI=1S/C16H25N3O.ClH/c1-16(6-7-17-12-16)13-18-8-10-19(11-9-18)14-4-2-3-5-15(14)20;/h2-5,17,20H,6-13H2,1H3;1H. The first-order valence-corrected chi connectivity index (χ1v) is 7.62. The number of hydrogen-bond donors (Lipinski definition) is 2. The maximum atomic E-state index is 9.94. The maximum absolute atomic E-state index is 9.94. The number of phenols is 1. The quantitative estimate of drug-likeness (QED) is 0.895. The van der Waals surface area contributed by atoms with Crippen LogP contribution in [0.4, 0.5) is 5.69 Å². The van der Waals surface area contributed by atoms with Gasteiger partial charge in [-0.05, 0) is 30.5 Å². The van der Waals surface area contributed by atoms with Gasteiger partial charge in [0, 0.05) is 39.3 Å². The predicted octanol–water partition coefficient (Wildman–Crippen LogP) is 1.94. The Morgan fingerprint density at radius 3 is 2.52 bits per heavy atom. The molecule has 2 fully saturated rings. The Labute approximate surface area is 133 Å². The lowest BCUT2D eigenvalue weighted by molar-refractivity contribution is 0.169. The molecule has 2 aliphatic rings. The highest BCUT2D eigenvalue weighted by atomic mass is 35.5. The van der Waals surface area contributed by atoms with Crippen molar-refractivity contribution in [2.75, 3.05) is 50.7 Å². The summed E-state index contributed by atoms with van der Waals surface area (Å²) in [5.74, 6) is 0.396. The van der Waals surface area contributed by atoms with E-state index in [2.05, 4.69) is 22.0 Å². The number of nitrogens with one attached hydrogen (secondary N) is 1. The fraction of sp³-hybridized carbons (Fsp3) is 0.625. The number of para-hydroxylation sites is 2. The first kappa shape index (κ1) is 16.4. The van der Waals surface area contributed by atoms with E-state index >= 15 is 0 Å². The van der Waals surface area contributed by atoms with E-state index < -0.39 is 0 Å². The van der Waals surface area contributed by atoms with E-state index in [0.717, 1.165) is 45.0 Å². The first-order chi connectivity index (χ1) is 9.66. The van der Waals surface area contributed by atoms with Crippen LogP contribution in [-0.2, 0) is 0 Å². The molecule has 2 heterocycles. The topological polar surface area (TPSA) is 38.7 Å². The van der Waals surface area contributed by atoms with E-state index in [1.54, 1.807) is 6.07 Å². The number of nitrogens with zero attached hydrogens (tertiary/aromatic N) is 2. The average Bonchev–Trinajstić information content (AvgIpc) is 2.87. The van der Waals surface area contributed by atoms with E-state index in [4.69, 9.17) is 0 Å². The lowest BCUT2D eigenvalue weighted by atomic mass is 9.89. The predicted molar refractivity (Wildman–Crippen MR) is 89.6 cm³/mol. The number of hydrogen-bond acceptors (Lipinski definition) is 4. The summed E-state index contributed by atoms with van der Waals surface area (Å²) >= 11 is 0. The Bertz CT molecular complexity index is 455. The Morgan fingerprint density at radius 1 is 1.19 bits per heavy atom. The number of benzene rings is 1. The molecule has 0 saturated carbocycles. The van der Waals surface area contributed by atoms with E-state index in [1.165, 1.54) is 13.0 Å². The molecule has 0 aromatic heterocycles. The monoisotopic (exact) mass is 311 g/mol. The van der Waals surface area contributed by atoms with Crippen molar-refractivity contribution in [3.05, 3.63) is 24.3 Å². The summed E-state index contributed by atoms with van der Waals surface area (Å²) in [7, 11) is 0. The summed E-state index contributed by atoms with van der Waals surface area (Å²) in [6.07, 6.45) is 1.28. The molecule has 1 aromatic carbocycles. The molecule has 0 bridgehead atoms. The van der Waals surface area contributed by atoms with Gasteiger partial charge in [0.15, 0.2) is 0 Å². The number of piperazine rings is 1. The number of phenolic OH excluding ortho intramolecular Hbond substituents is 1. The minimum absolute atomic E-state index is 0. The Hall–Kier alpha value is -0.970. The van der Waals surface area contributed by atoms with E-state index in [0.29, 0.717) is 11.2 Å². The summed E-state index contributed by atoms with van der Waals surface area (Å²) in [5, 5.41) is 13.4. The van der Waals surface area contributed by atoms with Gasteiger partial charge in [-0.1, -0.05) is 19.1 Å². The zero-order valence-corrected chi connectivity index (χ0v) is 13.5. The van der Waals surface area contributed by atoms with Crippen LogP contribution in [0.1, 0.15) is 13.3 Å². The fourth-order valence-electron chi connectivity index (χ4n) is 3.42. The summed E-state index contributed by atoms with van der Waals surface area (Å²) in [6, 6.07) is 7.65. The van der Waals surface area contributed by atoms with Crippen LogP contribution in [0.25, 0.3) is 0 Å². The lowest BCUT2D eigenvalue weighted by Crippen LogP contribution is -2.49. The minimum atomic E-state index is 0. The van der Waals surface area contributed by atoms with Crippen molar-refractivity contribution >= 4 is 18.1 Å². The molecule has 0 amide bonds. The summed E-state index contributed by atoms with van der Waals surface area (Å²) in [4.78, 5) is 4.87. The van der Waals surface area contributed by atoms with Crippen LogP contribution in [-0.4, -0.2) is 55.8 Å². The number of aromatic hydroxyl groups is 1. The largest absolute Gasteiger partial charge is 0.506 e. The van der Waals surface area contributed by atoms with Gasteiger partial charge in [-0.2, -0.15) is 0 Å². The molecule has 118 valence electrons. The minimum Gasteiger partial charge on any atom is -0.506 e. The van der Waals surface area contributed by atoms with Gasteiger partial charge in [0.25, 0.3) is 0 Å². The highest BCUT2D eigenvalue weighted by molar-refractivity contribution is 5.85. The van der Waals surface area contributed by atoms with Gasteiger partial charge in [-0.15, -0.1) is 12.4 Å². The third kappa shape index (κ3) is 3.82. The molecule has 0 radical (unpaired) electrons. The van der Waals surface area contributed by atoms with Crippen molar-refractivity contribution in [2.45, 2.75) is 13.3 Å². The third-order valence-corrected chi connectivity index (χ3v) is 4.66. The number of anilines is 1. The van der Waals surface area contributed by atoms with Crippen molar-refractivity contribution < 1.29 is 5.11 Å². The second-order valence-electron chi connectivity index (χ2n) is 6.49. The van der Waals surface area contributed by atoms with Gasteiger partial charge in [0.2, 0.25) is 0 Å². The lowest BCUT2D eigenvalue weighted by Gasteiger charge is -2.39. The second-order valence-corrected chi connectivity index (χ2v) is 6.49. The molecule has 0 aliphatic carbocycles. The first-order valence-electron chi connectivity index (χ1n) is 7.62. The molecule has 1 atom stereocenters. The van der Waals surface area contributed by atoms with Gasteiger partial charge in [-0.3, -0.25) is 4.90 Å². The summed E-state index contributed by atoms with van der Waals surface area (Å²) < 4.78 is 0. The van der Waals surface area contributed by atoms with Gasteiger partial charge in [-0.25, -0.2) is 0 Å². The van der Waals surface area contributed by atoms with E-state index in [1.807, 2.05) is 18.2 Å². The van der Waals surface area contributed by atoms with Crippen molar-refractivity contribution in [1.29, 1.82) is 0 Å². The molecule has 0 spiro atoms. The molecule has 21 heavy (non-hydrogen) atoms. The van der Waals surface area contributed by atoms with Crippen LogP contribution < -0.4 is 10.2 Å². The third-order valence-electron chi connectivity index (χ3n) is 4.66. The molecule has 3 rings (SSSR count). The van der Waals surface area contributed by atoms with Crippen LogP contribution in [0.5, 0.6) is 5.75 Å². The Kier molecular flexibility index (Phi) is 5.36. The fourth-order valence-corrected chi connectivity index (χ4v) is 3.42. The van der Waals surface area contributed by atoms with Gasteiger partial charge >= 0.3 is 0 Å². The van der Waals surface area contributed by atoms with Crippen LogP contribution >= 0.6 is 12.4 Å². The van der Waals surface area contributed by atoms with Gasteiger partial charge in [0.1, 0.15) is 5.75 Å². The van der Waals surface area contributed by atoms with Crippen LogP contribution in [0.15, 0.2) is 24.3 Å². The number of rotatable bonds is 3. The van der Waals surface area contributed by atoms with Crippen molar-refractivity contribution in [3.63, 3.8) is 0 Å². The Balaban J connectivity index is 0.00000161. The highest BCUT2D eigenvalue weighted by Gasteiger charge is 2.31. The summed E-state index contributed by atoms with van der Waals surface area (Å²) in [5.41, 5.74) is 1.41. The molecule has 2 N–H and O–H groups in total. The number of halogens is 1. The van der Waals surface area contributed by atoms with Crippen molar-refractivity contribution in [3.8, 4) is 5.75 Å². The molecule has 2 aliphatic heterocycles. The molecule has 1 unspecified atom stereocenters. The van der Waals surface area contributed by atoms with Crippen LogP contribution in [0.2, 0.25) is 0 Å². The zero-order valence-electron chi connectivity index (χ0n) is 12.7. The van der Waals surface area contributed by atoms with Crippen LogP contribution in [0, 0.1) is 5.41 Å². The molecule has 1 aromatic rings. The smallest absolute Gasteiger partial charge is 0.138 e. The normalized spacial score (nSPS) is 26.6. The molecule has 4 nitrogen and oxygen atoms in total. The van der Waals surface area contributed by atoms with Crippen molar-refractivity contribution in [1.82, 2.24) is 10.2 Å². The molecule has 5 heteroatoms. The molecular formula is C16H26ClN3O. The van der Waals surface area contributed by atoms with Gasteiger partial charge < -0.3 is 15.3 Å². The summed E-state index contributed by atoms with van der Waals surface area (Å²) in [6.45, 7) is 10.1. The van der Waals surface area contributed by atoms with Crippen molar-refractivity contribution in [2.24, 2.45) is 5.41 Å². The van der Waals surface area contributed by atoms with E-state index in [9.17, 15) is 5.11 Å². The van der Waals surface area contributed by atoms with Gasteiger partial charge in [0.05, 0.1) is 5.69 Å². The Morgan fingerprint density at radius 2 is 1.90 bits per heavy atom. The zero-order chi connectivity index (χ0) is 14.0. The highest BCUT2D eigenvalue weighted by Crippen LogP contribution is 2.29. The van der Waals surface area contributed by atoms with E-state index in [-0.39, 0.29) is 12.4 Å². The average molecular weight is 312 g/mol. The molecule has 2 saturated heterocycles. The maximum Gasteiger partial charge on any atom is 0.138 e. The SMILES string of the molecule is CC1(CN2CCN(c3ccccc3O)CC2)CCNC1.Cl. The molecular weight excluding hydrogens is 286 g/mol. The van der Waals surface area contributed by atoms with Crippen LogP contribution in [0.3, 0.4) is 0 Å². The second kappa shape index (κ2) is 6.86.